The van der Waals surface area contributed by atoms with Gasteiger partial charge in [0.25, 0.3) is 0 Å². The molecule has 0 aliphatic carbocycles. The lowest BCUT2D eigenvalue weighted by Crippen LogP contribution is -2.13. The first-order chi connectivity index (χ1) is 8.99. The fraction of sp³-hybridized carbons (Fsp3) is 0.0714. The molecule has 0 unspecified atom stereocenters. The van der Waals surface area contributed by atoms with Crippen LogP contribution in [-0.2, 0) is 0 Å². The summed E-state index contributed by atoms with van der Waals surface area (Å²) in [4.78, 5) is 0. The molecule has 3 N–H and O–H groups in total. The molecule has 0 aromatic heterocycles. The number of ether oxygens (including phenoxy) is 1. The first-order valence-corrected chi connectivity index (χ1v) is 6.73. The average Bonchev–Trinajstić information content (AvgIpc) is 2.33. The Morgan fingerprint density at radius 2 is 2.00 bits per heavy atom. The molecule has 0 fully saturated rings. The van der Waals surface area contributed by atoms with Crippen molar-refractivity contribution in [2.75, 3.05) is 0 Å². The Hall–Kier alpha value is -1.52. The summed E-state index contributed by atoms with van der Waals surface area (Å²) in [7, 11) is 0. The zero-order chi connectivity index (χ0) is 14.0. The lowest BCUT2D eigenvalue weighted by molar-refractivity contribution is 0.477. The van der Waals surface area contributed by atoms with Crippen LogP contribution >= 0.6 is 27.5 Å². The van der Waals surface area contributed by atoms with Crippen LogP contribution in [0.2, 0.25) is 5.02 Å². The van der Waals surface area contributed by atoms with Crippen LogP contribution in [-0.4, -0.2) is 5.84 Å². The van der Waals surface area contributed by atoms with E-state index in [9.17, 15) is 0 Å². The summed E-state index contributed by atoms with van der Waals surface area (Å²) >= 11 is 9.33. The zero-order valence-electron chi connectivity index (χ0n) is 10.2. The minimum atomic E-state index is -0.0536. The number of nitrogens with two attached hydrogens (primary N) is 1. The smallest absolute Gasteiger partial charge is 0.139 e. The third kappa shape index (κ3) is 3.08. The predicted octanol–water partition coefficient (Wildman–Crippen LogP) is 4.49. The predicted molar refractivity (Wildman–Crippen MR) is 81.4 cm³/mol. The first-order valence-electron chi connectivity index (χ1n) is 5.56. The number of hydrogen-bond acceptors (Lipinski definition) is 2. The third-order valence-electron chi connectivity index (χ3n) is 2.61. The second-order valence-electron chi connectivity index (χ2n) is 4.04. The van der Waals surface area contributed by atoms with E-state index in [2.05, 4.69) is 15.9 Å². The fourth-order valence-corrected chi connectivity index (χ4v) is 2.38. The van der Waals surface area contributed by atoms with Gasteiger partial charge in [-0.05, 0) is 52.7 Å². The number of amidine groups is 1. The van der Waals surface area contributed by atoms with Crippen molar-refractivity contribution in [3.8, 4) is 11.5 Å². The van der Waals surface area contributed by atoms with Crippen molar-refractivity contribution >= 4 is 33.4 Å². The summed E-state index contributed by atoms with van der Waals surface area (Å²) in [5, 5.41) is 8.22. The minimum absolute atomic E-state index is 0.0536. The summed E-state index contributed by atoms with van der Waals surface area (Å²) in [6.45, 7) is 1.93. The summed E-state index contributed by atoms with van der Waals surface area (Å²) in [5.74, 6) is 1.11. The van der Waals surface area contributed by atoms with Crippen molar-refractivity contribution in [1.29, 1.82) is 5.41 Å². The van der Waals surface area contributed by atoms with E-state index in [0.717, 1.165) is 10.0 Å². The van der Waals surface area contributed by atoms with E-state index in [1.807, 2.05) is 25.1 Å². The van der Waals surface area contributed by atoms with E-state index >= 15 is 0 Å². The molecule has 19 heavy (non-hydrogen) atoms. The van der Waals surface area contributed by atoms with E-state index in [-0.39, 0.29) is 5.84 Å². The maximum atomic E-state index is 7.62. The van der Waals surface area contributed by atoms with Gasteiger partial charge in [-0.1, -0.05) is 23.7 Å². The minimum Gasteiger partial charge on any atom is -0.456 e. The molecule has 3 nitrogen and oxygen atoms in total. The van der Waals surface area contributed by atoms with Gasteiger partial charge < -0.3 is 10.5 Å². The van der Waals surface area contributed by atoms with E-state index in [1.54, 1.807) is 18.2 Å². The molecular weight excluding hydrogens is 328 g/mol. The molecule has 0 bridgehead atoms. The maximum Gasteiger partial charge on any atom is 0.139 e. The summed E-state index contributed by atoms with van der Waals surface area (Å²) < 4.78 is 6.55. The molecule has 0 radical (unpaired) electrons. The van der Waals surface area contributed by atoms with Crippen LogP contribution < -0.4 is 10.5 Å². The molecule has 2 aromatic rings. The van der Waals surface area contributed by atoms with E-state index in [1.165, 1.54) is 0 Å². The topological polar surface area (TPSA) is 59.1 Å². The second-order valence-corrected chi connectivity index (χ2v) is 5.33. The molecular formula is C14H12BrClN2O. The number of halogens is 2. The molecule has 2 rings (SSSR count). The number of benzene rings is 2. The van der Waals surface area contributed by atoms with Gasteiger partial charge in [0.2, 0.25) is 0 Å². The van der Waals surface area contributed by atoms with Crippen LogP contribution in [0.15, 0.2) is 40.9 Å². The molecule has 0 aliphatic heterocycles. The Bertz CT molecular complexity index is 643. The summed E-state index contributed by atoms with van der Waals surface area (Å²) in [5.41, 5.74) is 7.07. The Morgan fingerprint density at radius 3 is 2.68 bits per heavy atom. The lowest BCUT2D eigenvalue weighted by Gasteiger charge is -2.13. The van der Waals surface area contributed by atoms with Gasteiger partial charge in [0.1, 0.15) is 17.3 Å². The van der Waals surface area contributed by atoms with E-state index in [4.69, 9.17) is 27.5 Å². The lowest BCUT2D eigenvalue weighted by atomic mass is 10.1. The molecule has 98 valence electrons. The van der Waals surface area contributed by atoms with Crippen LogP contribution in [0.4, 0.5) is 0 Å². The second kappa shape index (κ2) is 5.63. The molecule has 0 saturated heterocycles. The van der Waals surface area contributed by atoms with Crippen molar-refractivity contribution in [3.05, 3.63) is 57.0 Å². The molecule has 0 heterocycles. The summed E-state index contributed by atoms with van der Waals surface area (Å²) in [6, 6.07) is 10.8. The average molecular weight is 340 g/mol. The normalized spacial score (nSPS) is 10.3. The highest BCUT2D eigenvalue weighted by Gasteiger charge is 2.12. The number of nitrogens with one attached hydrogen (secondary N) is 1. The molecule has 0 atom stereocenters. The molecule has 0 aliphatic rings. The van der Waals surface area contributed by atoms with Gasteiger partial charge in [-0.15, -0.1) is 0 Å². The van der Waals surface area contributed by atoms with Gasteiger partial charge >= 0.3 is 0 Å². The highest BCUT2D eigenvalue weighted by atomic mass is 79.9. The van der Waals surface area contributed by atoms with Crippen molar-refractivity contribution in [2.24, 2.45) is 5.73 Å². The van der Waals surface area contributed by atoms with Crippen LogP contribution in [0.5, 0.6) is 11.5 Å². The van der Waals surface area contributed by atoms with Crippen molar-refractivity contribution in [3.63, 3.8) is 0 Å². The van der Waals surface area contributed by atoms with Crippen LogP contribution in [0.25, 0.3) is 0 Å². The number of rotatable bonds is 3. The largest absolute Gasteiger partial charge is 0.456 e. The fourth-order valence-electron chi connectivity index (χ4n) is 1.65. The number of nitrogen functional groups attached to an aromatic ring is 1. The van der Waals surface area contributed by atoms with Crippen LogP contribution in [0.3, 0.4) is 0 Å². The third-order valence-corrected chi connectivity index (χ3v) is 3.51. The number of hydrogen-bond donors (Lipinski definition) is 2. The Balaban J connectivity index is 2.46. The van der Waals surface area contributed by atoms with Crippen LogP contribution in [0.1, 0.15) is 11.1 Å². The highest BCUT2D eigenvalue weighted by molar-refractivity contribution is 9.10. The first kappa shape index (κ1) is 13.9. The zero-order valence-corrected chi connectivity index (χ0v) is 12.5. The Morgan fingerprint density at radius 1 is 1.26 bits per heavy atom. The number of aryl methyl sites for hydroxylation is 1. The highest BCUT2D eigenvalue weighted by Crippen LogP contribution is 2.33. The van der Waals surface area contributed by atoms with Crippen molar-refractivity contribution in [1.82, 2.24) is 0 Å². The quantitative estimate of drug-likeness (QED) is 0.639. The van der Waals surface area contributed by atoms with Gasteiger partial charge in [-0.25, -0.2) is 0 Å². The molecule has 0 spiro atoms. The molecule has 2 aromatic carbocycles. The van der Waals surface area contributed by atoms with Crippen LogP contribution in [0, 0.1) is 12.3 Å². The van der Waals surface area contributed by atoms with Gasteiger partial charge in [0, 0.05) is 9.50 Å². The monoisotopic (exact) mass is 338 g/mol. The Labute approximate surface area is 125 Å². The van der Waals surface area contributed by atoms with Crippen molar-refractivity contribution in [2.45, 2.75) is 6.92 Å². The van der Waals surface area contributed by atoms with Gasteiger partial charge in [-0.3, -0.25) is 5.41 Å². The molecule has 0 saturated carbocycles. The van der Waals surface area contributed by atoms with Crippen molar-refractivity contribution < 1.29 is 4.74 Å². The summed E-state index contributed by atoms with van der Waals surface area (Å²) in [6.07, 6.45) is 0. The SMILES string of the molecule is Cc1ccc(Cl)cc1Oc1cccc(Br)c1C(=N)N. The van der Waals surface area contributed by atoms with Gasteiger partial charge in [0.15, 0.2) is 0 Å². The van der Waals surface area contributed by atoms with E-state index in [0.29, 0.717) is 22.1 Å². The Kier molecular flexibility index (Phi) is 4.12. The molecule has 5 heteroatoms. The van der Waals surface area contributed by atoms with Gasteiger partial charge in [0.05, 0.1) is 5.56 Å². The molecule has 0 amide bonds. The maximum absolute atomic E-state index is 7.62. The standard InChI is InChI=1S/C14H12BrClN2O/c1-8-5-6-9(16)7-12(8)19-11-4-2-3-10(15)13(11)14(17)18/h2-7H,1H3,(H3,17,18). The van der Waals surface area contributed by atoms with Gasteiger partial charge in [-0.2, -0.15) is 0 Å². The van der Waals surface area contributed by atoms with E-state index < -0.39 is 0 Å².